The number of rotatable bonds is 6. The molecule has 5 heteroatoms. The van der Waals surface area contributed by atoms with E-state index in [2.05, 4.69) is 5.32 Å². The van der Waals surface area contributed by atoms with Crippen LogP contribution in [0.3, 0.4) is 0 Å². The van der Waals surface area contributed by atoms with Gasteiger partial charge in [0, 0.05) is 11.7 Å². The summed E-state index contributed by atoms with van der Waals surface area (Å²) >= 11 is 0. The van der Waals surface area contributed by atoms with E-state index >= 15 is 0 Å². The maximum Gasteiger partial charge on any atom is 0.338 e. The van der Waals surface area contributed by atoms with Crippen molar-refractivity contribution in [1.29, 1.82) is 0 Å². The summed E-state index contributed by atoms with van der Waals surface area (Å²) in [6.45, 7) is 5.51. The van der Waals surface area contributed by atoms with Crippen molar-refractivity contribution in [2.24, 2.45) is 0 Å². The van der Waals surface area contributed by atoms with E-state index in [9.17, 15) is 9.59 Å². The predicted octanol–water partition coefficient (Wildman–Crippen LogP) is 2.04. The van der Waals surface area contributed by atoms with Gasteiger partial charge in [0.15, 0.2) is 6.61 Å². The summed E-state index contributed by atoms with van der Waals surface area (Å²) in [6.07, 6.45) is 1.89. The lowest BCUT2D eigenvalue weighted by atomic mass is 10.1. The van der Waals surface area contributed by atoms with E-state index in [-0.39, 0.29) is 18.6 Å². The number of esters is 1. The van der Waals surface area contributed by atoms with Crippen molar-refractivity contribution in [1.82, 2.24) is 5.32 Å². The molecule has 0 aromatic heterocycles. The normalized spacial score (nSPS) is 11.8. The number of benzene rings is 1. The van der Waals surface area contributed by atoms with E-state index in [1.165, 1.54) is 0 Å². The average molecular weight is 278 g/mol. The van der Waals surface area contributed by atoms with Crippen molar-refractivity contribution >= 4 is 17.6 Å². The Hall–Kier alpha value is -2.04. The van der Waals surface area contributed by atoms with Gasteiger partial charge in [-0.05, 0) is 44.0 Å². The number of carbonyl (C=O) groups is 2. The van der Waals surface area contributed by atoms with Crippen LogP contribution >= 0.6 is 0 Å². The zero-order valence-corrected chi connectivity index (χ0v) is 12.2. The third-order valence-corrected chi connectivity index (χ3v) is 2.97. The standard InChI is InChI=1S/C15H22N2O3/c1-4-5-11(3)17-14(18)9-20-15(19)12-6-7-13(16)10(2)8-12/h6-8,11H,4-5,9,16H2,1-3H3,(H,17,18). The van der Waals surface area contributed by atoms with E-state index in [0.717, 1.165) is 18.4 Å². The molecule has 0 fully saturated rings. The molecule has 5 nitrogen and oxygen atoms in total. The second-order valence-corrected chi connectivity index (χ2v) is 4.90. The molecule has 0 aliphatic heterocycles. The number of nitrogens with two attached hydrogens (primary N) is 1. The second-order valence-electron chi connectivity index (χ2n) is 4.90. The predicted molar refractivity (Wildman–Crippen MR) is 78.4 cm³/mol. The van der Waals surface area contributed by atoms with Gasteiger partial charge >= 0.3 is 5.97 Å². The van der Waals surface area contributed by atoms with Gasteiger partial charge in [0.05, 0.1) is 5.56 Å². The molecule has 1 amide bonds. The highest BCUT2D eigenvalue weighted by Gasteiger charge is 2.12. The van der Waals surface area contributed by atoms with Crippen LogP contribution in [0.15, 0.2) is 18.2 Å². The van der Waals surface area contributed by atoms with Gasteiger partial charge in [-0.15, -0.1) is 0 Å². The third-order valence-electron chi connectivity index (χ3n) is 2.97. The van der Waals surface area contributed by atoms with E-state index in [0.29, 0.717) is 11.3 Å². The summed E-state index contributed by atoms with van der Waals surface area (Å²) in [5.41, 5.74) is 7.50. The second kappa shape index (κ2) is 7.53. The maximum atomic E-state index is 11.8. The van der Waals surface area contributed by atoms with Crippen molar-refractivity contribution < 1.29 is 14.3 Å². The summed E-state index contributed by atoms with van der Waals surface area (Å²) in [5.74, 6) is -0.808. The van der Waals surface area contributed by atoms with Gasteiger partial charge in [0.25, 0.3) is 5.91 Å². The molecule has 0 aliphatic rings. The number of hydrogen-bond acceptors (Lipinski definition) is 4. The highest BCUT2D eigenvalue weighted by atomic mass is 16.5. The Morgan fingerprint density at radius 1 is 1.40 bits per heavy atom. The summed E-state index contributed by atoms with van der Waals surface area (Å²) in [5, 5.41) is 2.77. The molecule has 110 valence electrons. The highest BCUT2D eigenvalue weighted by molar-refractivity contribution is 5.92. The lowest BCUT2D eigenvalue weighted by Gasteiger charge is -2.12. The Balaban J connectivity index is 2.46. The summed E-state index contributed by atoms with van der Waals surface area (Å²) in [7, 11) is 0. The molecule has 0 saturated heterocycles. The number of anilines is 1. The first kappa shape index (κ1) is 16.0. The third kappa shape index (κ3) is 4.91. The maximum absolute atomic E-state index is 11.8. The molecule has 0 bridgehead atoms. The summed E-state index contributed by atoms with van der Waals surface area (Å²) < 4.78 is 4.97. The molecular formula is C15H22N2O3. The Kier molecular flexibility index (Phi) is 6.03. The molecule has 0 saturated carbocycles. The Morgan fingerprint density at radius 2 is 2.10 bits per heavy atom. The number of nitrogens with one attached hydrogen (secondary N) is 1. The van der Waals surface area contributed by atoms with E-state index in [1.54, 1.807) is 18.2 Å². The van der Waals surface area contributed by atoms with E-state index in [4.69, 9.17) is 10.5 Å². The first-order valence-corrected chi connectivity index (χ1v) is 6.76. The SMILES string of the molecule is CCCC(C)NC(=O)COC(=O)c1ccc(N)c(C)c1. The summed E-state index contributed by atoms with van der Waals surface area (Å²) in [6, 6.07) is 4.97. The van der Waals surface area contributed by atoms with Crippen molar-refractivity contribution in [2.45, 2.75) is 39.7 Å². The molecule has 3 N–H and O–H groups in total. The molecule has 0 heterocycles. The molecule has 0 spiro atoms. The first-order chi connectivity index (χ1) is 9.43. The van der Waals surface area contributed by atoms with E-state index in [1.807, 2.05) is 20.8 Å². The quantitative estimate of drug-likeness (QED) is 0.616. The van der Waals surface area contributed by atoms with Gasteiger partial charge in [-0.25, -0.2) is 4.79 Å². The number of nitrogen functional groups attached to an aromatic ring is 1. The molecule has 1 rings (SSSR count). The summed E-state index contributed by atoms with van der Waals surface area (Å²) in [4.78, 5) is 23.4. The smallest absolute Gasteiger partial charge is 0.338 e. The molecule has 0 radical (unpaired) electrons. The van der Waals surface area contributed by atoms with Crippen LogP contribution in [0.1, 0.15) is 42.6 Å². The monoisotopic (exact) mass is 278 g/mol. The lowest BCUT2D eigenvalue weighted by Crippen LogP contribution is -2.35. The van der Waals surface area contributed by atoms with E-state index < -0.39 is 5.97 Å². The fourth-order valence-corrected chi connectivity index (χ4v) is 1.84. The number of amides is 1. The molecule has 1 aromatic carbocycles. The first-order valence-electron chi connectivity index (χ1n) is 6.76. The van der Waals surface area contributed by atoms with Crippen molar-refractivity contribution in [3.05, 3.63) is 29.3 Å². The van der Waals surface area contributed by atoms with Crippen molar-refractivity contribution in [3.63, 3.8) is 0 Å². The molecule has 1 unspecified atom stereocenters. The van der Waals surface area contributed by atoms with Gasteiger partial charge in [-0.3, -0.25) is 4.79 Å². The van der Waals surface area contributed by atoms with Crippen LogP contribution < -0.4 is 11.1 Å². The Morgan fingerprint density at radius 3 is 2.70 bits per heavy atom. The van der Waals surface area contributed by atoms with Crippen molar-refractivity contribution in [3.8, 4) is 0 Å². The van der Waals surface area contributed by atoms with Crippen LogP contribution in [0, 0.1) is 6.92 Å². The van der Waals surface area contributed by atoms with Crippen LogP contribution in [-0.4, -0.2) is 24.5 Å². The Labute approximate surface area is 119 Å². The van der Waals surface area contributed by atoms with Crippen LogP contribution in [0.25, 0.3) is 0 Å². The number of aryl methyl sites for hydroxylation is 1. The average Bonchev–Trinajstić information content (AvgIpc) is 2.39. The number of carbonyl (C=O) groups excluding carboxylic acids is 2. The lowest BCUT2D eigenvalue weighted by molar-refractivity contribution is -0.124. The zero-order valence-electron chi connectivity index (χ0n) is 12.2. The molecule has 1 aromatic rings. The molecular weight excluding hydrogens is 256 g/mol. The topological polar surface area (TPSA) is 81.4 Å². The van der Waals surface area contributed by atoms with Crippen LogP contribution in [0.2, 0.25) is 0 Å². The van der Waals surface area contributed by atoms with Gasteiger partial charge in [-0.2, -0.15) is 0 Å². The fourth-order valence-electron chi connectivity index (χ4n) is 1.84. The van der Waals surface area contributed by atoms with Crippen molar-refractivity contribution in [2.75, 3.05) is 12.3 Å². The minimum atomic E-state index is -0.522. The fraction of sp³-hybridized carbons (Fsp3) is 0.467. The van der Waals surface area contributed by atoms with Gasteiger partial charge in [0.2, 0.25) is 0 Å². The van der Waals surface area contributed by atoms with Crippen LogP contribution in [0.4, 0.5) is 5.69 Å². The van der Waals surface area contributed by atoms with Gasteiger partial charge < -0.3 is 15.8 Å². The molecule has 1 atom stereocenters. The zero-order chi connectivity index (χ0) is 15.1. The largest absolute Gasteiger partial charge is 0.452 e. The highest BCUT2D eigenvalue weighted by Crippen LogP contribution is 2.13. The van der Waals surface area contributed by atoms with Crippen LogP contribution in [0.5, 0.6) is 0 Å². The Bertz CT molecular complexity index is 486. The van der Waals surface area contributed by atoms with Gasteiger partial charge in [-0.1, -0.05) is 13.3 Å². The number of ether oxygens (including phenoxy) is 1. The minimum Gasteiger partial charge on any atom is -0.452 e. The van der Waals surface area contributed by atoms with Crippen LogP contribution in [-0.2, 0) is 9.53 Å². The molecule has 20 heavy (non-hydrogen) atoms. The number of hydrogen-bond donors (Lipinski definition) is 2. The molecule has 0 aliphatic carbocycles. The minimum absolute atomic E-state index is 0.0879. The van der Waals surface area contributed by atoms with Gasteiger partial charge in [0.1, 0.15) is 0 Å².